The Kier molecular flexibility index (Phi) is 4.28. The molecule has 136 valence electrons. The molecule has 3 atom stereocenters. The Morgan fingerprint density at radius 2 is 1.64 bits per heavy atom. The Morgan fingerprint density at radius 1 is 0.960 bits per heavy atom. The lowest BCUT2D eigenvalue weighted by Gasteiger charge is -2.33. The summed E-state index contributed by atoms with van der Waals surface area (Å²) in [6, 6.07) is 8.79. The van der Waals surface area contributed by atoms with E-state index in [1.165, 1.54) is 30.4 Å². The normalized spacial score (nSPS) is 32.0. The highest BCUT2D eigenvalue weighted by Gasteiger charge is 2.53. The van der Waals surface area contributed by atoms with E-state index < -0.39 is 5.79 Å². The largest absolute Gasteiger partial charge is 0.343 e. The number of Topliss-reactive ketones (excluding diaryl/α,β-unsaturated/α-hetero) is 1. The molecule has 0 N–H and O–H groups in total. The third-order valence-electron chi connectivity index (χ3n) is 6.18. The van der Waals surface area contributed by atoms with Crippen LogP contribution in [0.5, 0.6) is 0 Å². The Hall–Kier alpha value is -1.19. The molecule has 1 aliphatic heterocycles. The molecule has 0 amide bonds. The Morgan fingerprint density at radius 3 is 2.28 bits per heavy atom. The van der Waals surface area contributed by atoms with Gasteiger partial charge in [0.05, 0.1) is 12.2 Å². The first-order valence-electron chi connectivity index (χ1n) is 9.84. The van der Waals surface area contributed by atoms with E-state index in [1.807, 2.05) is 0 Å². The molecule has 1 aromatic rings. The second kappa shape index (κ2) is 6.21. The Bertz CT molecular complexity index is 634. The molecule has 0 unspecified atom stereocenters. The molecule has 2 aliphatic carbocycles. The predicted octanol–water partition coefficient (Wildman–Crippen LogP) is 4.88. The second-order valence-corrected chi connectivity index (χ2v) is 9.14. The van der Waals surface area contributed by atoms with Gasteiger partial charge in [-0.05, 0) is 29.4 Å². The van der Waals surface area contributed by atoms with Crippen LogP contribution in [-0.4, -0.2) is 23.8 Å². The quantitative estimate of drug-likeness (QED) is 0.730. The lowest BCUT2D eigenvalue weighted by molar-refractivity contribution is -0.194. The van der Waals surface area contributed by atoms with Gasteiger partial charge < -0.3 is 9.47 Å². The molecule has 1 saturated heterocycles. The maximum Gasteiger partial charge on any atom is 0.169 e. The van der Waals surface area contributed by atoms with Crippen LogP contribution in [0.1, 0.15) is 82.8 Å². The summed E-state index contributed by atoms with van der Waals surface area (Å²) in [6.07, 6.45) is 6.60. The predicted molar refractivity (Wildman–Crippen MR) is 97.7 cm³/mol. The zero-order valence-corrected chi connectivity index (χ0v) is 15.7. The molecule has 0 aromatic heterocycles. The third kappa shape index (κ3) is 3.29. The first-order chi connectivity index (χ1) is 11.9. The molecule has 3 nitrogen and oxygen atoms in total. The smallest absolute Gasteiger partial charge is 0.169 e. The van der Waals surface area contributed by atoms with Gasteiger partial charge in [0, 0.05) is 31.6 Å². The summed E-state index contributed by atoms with van der Waals surface area (Å²) < 4.78 is 12.9. The number of ketones is 1. The van der Waals surface area contributed by atoms with Crippen LogP contribution in [0.3, 0.4) is 0 Å². The molecule has 3 heteroatoms. The van der Waals surface area contributed by atoms with E-state index in [0.29, 0.717) is 18.6 Å². The van der Waals surface area contributed by atoms with Gasteiger partial charge in [-0.1, -0.05) is 51.5 Å². The van der Waals surface area contributed by atoms with E-state index in [1.54, 1.807) is 0 Å². The standard InChI is InChI=1S/C22H30O3/c1-21(2,3)16-9-7-15(8-10-16)18-13-17(23)14-19-20(18)25-22(24-19)11-5-4-6-12-22/h7-10,18-20H,4-6,11-14H2,1-3H3/t18-,19+,20-/m0/s1. The zero-order valence-electron chi connectivity index (χ0n) is 15.7. The van der Waals surface area contributed by atoms with E-state index in [2.05, 4.69) is 45.0 Å². The number of hydrogen-bond donors (Lipinski definition) is 0. The summed E-state index contributed by atoms with van der Waals surface area (Å²) in [6.45, 7) is 6.68. The van der Waals surface area contributed by atoms with Crippen molar-refractivity contribution in [1.82, 2.24) is 0 Å². The number of ether oxygens (including phenoxy) is 2. The minimum absolute atomic E-state index is 0.0243. The fourth-order valence-corrected chi connectivity index (χ4v) is 4.73. The van der Waals surface area contributed by atoms with Crippen molar-refractivity contribution < 1.29 is 14.3 Å². The SMILES string of the molecule is CC(C)(C)c1ccc([C@@H]2CC(=O)C[C@H]3OC4(CCCCC4)O[C@H]32)cc1. The molecule has 3 aliphatic rings. The average molecular weight is 342 g/mol. The van der Waals surface area contributed by atoms with E-state index in [4.69, 9.17) is 9.47 Å². The lowest BCUT2D eigenvalue weighted by atomic mass is 9.78. The van der Waals surface area contributed by atoms with Gasteiger partial charge in [0.25, 0.3) is 0 Å². The minimum atomic E-state index is -0.415. The van der Waals surface area contributed by atoms with Gasteiger partial charge in [-0.25, -0.2) is 0 Å². The van der Waals surface area contributed by atoms with Crippen LogP contribution in [0.2, 0.25) is 0 Å². The average Bonchev–Trinajstić information content (AvgIpc) is 2.91. The Balaban J connectivity index is 1.59. The van der Waals surface area contributed by atoms with Gasteiger partial charge >= 0.3 is 0 Å². The summed E-state index contributed by atoms with van der Waals surface area (Å²) in [5.74, 6) is 0.0195. The molecular weight excluding hydrogens is 312 g/mol. The van der Waals surface area contributed by atoms with Crippen molar-refractivity contribution in [3.63, 3.8) is 0 Å². The lowest BCUT2D eigenvalue weighted by Crippen LogP contribution is -2.38. The Labute approximate surface area is 151 Å². The summed E-state index contributed by atoms with van der Waals surface area (Å²) in [7, 11) is 0. The summed E-state index contributed by atoms with van der Waals surface area (Å²) in [4.78, 5) is 12.4. The van der Waals surface area contributed by atoms with E-state index in [9.17, 15) is 4.79 Å². The summed E-state index contributed by atoms with van der Waals surface area (Å²) in [5, 5.41) is 0. The van der Waals surface area contributed by atoms with Gasteiger partial charge in [-0.15, -0.1) is 0 Å². The maximum absolute atomic E-state index is 12.4. The molecule has 0 bridgehead atoms. The third-order valence-corrected chi connectivity index (χ3v) is 6.18. The van der Waals surface area contributed by atoms with E-state index >= 15 is 0 Å². The fourth-order valence-electron chi connectivity index (χ4n) is 4.73. The number of rotatable bonds is 1. The number of benzene rings is 1. The van der Waals surface area contributed by atoms with Crippen molar-refractivity contribution >= 4 is 5.78 Å². The second-order valence-electron chi connectivity index (χ2n) is 9.14. The minimum Gasteiger partial charge on any atom is -0.343 e. The van der Waals surface area contributed by atoms with Crippen LogP contribution in [0.25, 0.3) is 0 Å². The van der Waals surface area contributed by atoms with Gasteiger partial charge in [0.2, 0.25) is 0 Å². The zero-order chi connectivity index (χ0) is 17.7. The van der Waals surface area contributed by atoms with Crippen LogP contribution in [-0.2, 0) is 19.7 Å². The highest BCUT2D eigenvalue weighted by molar-refractivity contribution is 5.81. The first kappa shape index (κ1) is 17.2. The van der Waals surface area contributed by atoms with Crippen molar-refractivity contribution in [1.29, 1.82) is 0 Å². The molecule has 1 heterocycles. The first-order valence-corrected chi connectivity index (χ1v) is 9.84. The molecule has 2 saturated carbocycles. The van der Waals surface area contributed by atoms with Gasteiger partial charge in [-0.3, -0.25) is 4.79 Å². The van der Waals surface area contributed by atoms with Gasteiger partial charge in [0.1, 0.15) is 5.78 Å². The summed E-state index contributed by atoms with van der Waals surface area (Å²) in [5.41, 5.74) is 2.68. The van der Waals surface area contributed by atoms with Crippen molar-refractivity contribution in [2.24, 2.45) is 0 Å². The van der Waals surface area contributed by atoms with Crippen LogP contribution < -0.4 is 0 Å². The number of carbonyl (C=O) groups excluding carboxylic acids is 1. The highest BCUT2D eigenvalue weighted by atomic mass is 16.8. The highest BCUT2D eigenvalue weighted by Crippen LogP contribution is 2.48. The van der Waals surface area contributed by atoms with E-state index in [-0.39, 0.29) is 23.5 Å². The molecule has 0 radical (unpaired) electrons. The number of fused-ring (bicyclic) bond motifs is 1. The van der Waals surface area contributed by atoms with Crippen LogP contribution in [0.15, 0.2) is 24.3 Å². The van der Waals surface area contributed by atoms with Crippen LogP contribution in [0.4, 0.5) is 0 Å². The number of carbonyl (C=O) groups is 1. The van der Waals surface area contributed by atoms with Gasteiger partial charge in [-0.2, -0.15) is 0 Å². The molecular formula is C22H30O3. The molecule has 25 heavy (non-hydrogen) atoms. The molecule has 1 spiro atoms. The maximum atomic E-state index is 12.4. The van der Waals surface area contributed by atoms with Gasteiger partial charge in [0.15, 0.2) is 5.79 Å². The van der Waals surface area contributed by atoms with Crippen molar-refractivity contribution in [2.45, 2.75) is 95.0 Å². The van der Waals surface area contributed by atoms with E-state index in [0.717, 1.165) is 12.8 Å². The topological polar surface area (TPSA) is 35.5 Å². The van der Waals surface area contributed by atoms with Crippen molar-refractivity contribution in [2.75, 3.05) is 0 Å². The molecule has 1 aromatic carbocycles. The van der Waals surface area contributed by atoms with Crippen molar-refractivity contribution in [3.8, 4) is 0 Å². The van der Waals surface area contributed by atoms with Crippen LogP contribution >= 0.6 is 0 Å². The molecule has 4 rings (SSSR count). The number of hydrogen-bond acceptors (Lipinski definition) is 3. The fraction of sp³-hybridized carbons (Fsp3) is 0.682. The van der Waals surface area contributed by atoms with Crippen molar-refractivity contribution in [3.05, 3.63) is 35.4 Å². The monoisotopic (exact) mass is 342 g/mol. The molecule has 3 fully saturated rings. The summed E-state index contributed by atoms with van der Waals surface area (Å²) >= 11 is 0. The van der Waals surface area contributed by atoms with Crippen LogP contribution in [0, 0.1) is 0 Å².